The summed E-state index contributed by atoms with van der Waals surface area (Å²) >= 11 is 0. The lowest BCUT2D eigenvalue weighted by Gasteiger charge is -2.09. The molecular weight excluding hydrogens is 230 g/mol. The Kier molecular flexibility index (Phi) is 3.19. The summed E-state index contributed by atoms with van der Waals surface area (Å²) in [5, 5.41) is 21.4. The van der Waals surface area contributed by atoms with Crippen LogP contribution in [0, 0.1) is 6.92 Å². The van der Waals surface area contributed by atoms with Crippen molar-refractivity contribution in [1.82, 2.24) is 0 Å². The highest BCUT2D eigenvalue weighted by Gasteiger charge is 2.09. The van der Waals surface area contributed by atoms with Gasteiger partial charge in [-0.15, -0.1) is 0 Å². The maximum Gasteiger partial charge on any atom is 0.255 e. The summed E-state index contributed by atoms with van der Waals surface area (Å²) in [5.74, 6) is -0.0395. The first-order valence-electron chi connectivity index (χ1n) is 5.47. The van der Waals surface area contributed by atoms with Gasteiger partial charge >= 0.3 is 0 Å². The summed E-state index contributed by atoms with van der Waals surface area (Å²) in [6, 6.07) is 10.9. The second-order valence-electron chi connectivity index (χ2n) is 3.95. The van der Waals surface area contributed by atoms with E-state index >= 15 is 0 Å². The van der Waals surface area contributed by atoms with E-state index in [4.69, 9.17) is 5.11 Å². The van der Waals surface area contributed by atoms with E-state index in [2.05, 4.69) is 5.32 Å². The summed E-state index contributed by atoms with van der Waals surface area (Å²) in [4.78, 5) is 11.9. The number of amides is 1. The number of carbonyl (C=O) groups is 1. The first-order chi connectivity index (χ1) is 8.58. The van der Waals surface area contributed by atoms with E-state index < -0.39 is 0 Å². The Hall–Kier alpha value is -2.49. The number of hydrogen-bond acceptors (Lipinski definition) is 3. The smallest absolute Gasteiger partial charge is 0.255 e. The van der Waals surface area contributed by atoms with Gasteiger partial charge in [-0.2, -0.15) is 0 Å². The van der Waals surface area contributed by atoms with Crippen molar-refractivity contribution in [2.24, 2.45) is 0 Å². The van der Waals surface area contributed by atoms with E-state index in [0.29, 0.717) is 16.8 Å². The Morgan fingerprint density at radius 2 is 1.72 bits per heavy atom. The Bertz CT molecular complexity index is 576. The number of phenols is 2. The van der Waals surface area contributed by atoms with Crippen LogP contribution < -0.4 is 5.32 Å². The molecule has 0 aliphatic heterocycles. The molecule has 0 aliphatic carbocycles. The summed E-state index contributed by atoms with van der Waals surface area (Å²) in [6.45, 7) is 1.72. The van der Waals surface area contributed by atoms with Gasteiger partial charge < -0.3 is 15.5 Å². The van der Waals surface area contributed by atoms with Gasteiger partial charge in [-0.25, -0.2) is 0 Å². The summed E-state index contributed by atoms with van der Waals surface area (Å²) in [7, 11) is 0. The van der Waals surface area contributed by atoms with E-state index in [9.17, 15) is 9.90 Å². The standard InChI is InChI=1S/C14H13NO3/c1-9-12(3-2-4-13(9)17)15-14(18)10-5-7-11(16)8-6-10/h2-8,16-17H,1H3,(H,15,18). The van der Waals surface area contributed by atoms with Crippen LogP contribution in [0.2, 0.25) is 0 Å². The van der Waals surface area contributed by atoms with Gasteiger partial charge in [0.1, 0.15) is 11.5 Å². The van der Waals surface area contributed by atoms with Crippen molar-refractivity contribution in [3.05, 3.63) is 53.6 Å². The van der Waals surface area contributed by atoms with Gasteiger partial charge in [-0.3, -0.25) is 4.79 Å². The van der Waals surface area contributed by atoms with Crippen molar-refractivity contribution < 1.29 is 15.0 Å². The van der Waals surface area contributed by atoms with E-state index in [-0.39, 0.29) is 17.4 Å². The Labute approximate surface area is 105 Å². The van der Waals surface area contributed by atoms with Gasteiger partial charge in [0.25, 0.3) is 5.91 Å². The molecule has 0 atom stereocenters. The van der Waals surface area contributed by atoms with Gasteiger partial charge in [0.2, 0.25) is 0 Å². The predicted octanol–water partition coefficient (Wildman–Crippen LogP) is 2.66. The first-order valence-corrected chi connectivity index (χ1v) is 5.47. The molecule has 0 radical (unpaired) electrons. The lowest BCUT2D eigenvalue weighted by atomic mass is 10.1. The van der Waals surface area contributed by atoms with Gasteiger partial charge in [0.15, 0.2) is 0 Å². The molecule has 2 aromatic rings. The maximum absolute atomic E-state index is 11.9. The Morgan fingerprint density at radius 1 is 1.06 bits per heavy atom. The molecule has 4 nitrogen and oxygen atoms in total. The molecule has 0 heterocycles. The zero-order valence-electron chi connectivity index (χ0n) is 9.84. The number of benzene rings is 2. The minimum Gasteiger partial charge on any atom is -0.508 e. The van der Waals surface area contributed by atoms with Gasteiger partial charge in [-0.05, 0) is 43.3 Å². The van der Waals surface area contributed by atoms with E-state index in [1.807, 2.05) is 0 Å². The van der Waals surface area contributed by atoms with Gasteiger partial charge in [-0.1, -0.05) is 6.07 Å². The number of anilines is 1. The van der Waals surface area contributed by atoms with Crippen LogP contribution >= 0.6 is 0 Å². The van der Waals surface area contributed by atoms with Crippen LogP contribution in [0.25, 0.3) is 0 Å². The minimum atomic E-state index is -0.288. The van der Waals surface area contributed by atoms with Crippen LogP contribution in [0.3, 0.4) is 0 Å². The number of rotatable bonds is 2. The fourth-order valence-electron chi connectivity index (χ4n) is 1.57. The molecule has 0 unspecified atom stereocenters. The van der Waals surface area contributed by atoms with Crippen LogP contribution in [-0.2, 0) is 0 Å². The molecule has 0 spiro atoms. The zero-order chi connectivity index (χ0) is 13.1. The molecule has 2 rings (SSSR count). The van der Waals surface area contributed by atoms with E-state index in [0.717, 1.165) is 0 Å². The van der Waals surface area contributed by atoms with Crippen LogP contribution in [-0.4, -0.2) is 16.1 Å². The third-order valence-corrected chi connectivity index (χ3v) is 2.68. The van der Waals surface area contributed by atoms with Gasteiger partial charge in [0.05, 0.1) is 0 Å². The number of carbonyl (C=O) groups excluding carboxylic acids is 1. The number of aromatic hydroxyl groups is 2. The quantitative estimate of drug-likeness (QED) is 0.759. The molecule has 3 N–H and O–H groups in total. The lowest BCUT2D eigenvalue weighted by molar-refractivity contribution is 0.102. The predicted molar refractivity (Wildman–Crippen MR) is 68.9 cm³/mol. The highest BCUT2D eigenvalue weighted by molar-refractivity contribution is 6.04. The Balaban J connectivity index is 2.21. The normalized spacial score (nSPS) is 10.1. The molecule has 0 saturated heterocycles. The van der Waals surface area contributed by atoms with E-state index in [1.165, 1.54) is 24.3 Å². The van der Waals surface area contributed by atoms with Crippen LogP contribution in [0.15, 0.2) is 42.5 Å². The fraction of sp³-hybridized carbons (Fsp3) is 0.0714. The molecule has 18 heavy (non-hydrogen) atoms. The number of hydrogen-bond donors (Lipinski definition) is 3. The molecule has 0 fully saturated rings. The van der Waals surface area contributed by atoms with Crippen molar-refractivity contribution in [3.8, 4) is 11.5 Å². The second kappa shape index (κ2) is 4.79. The van der Waals surface area contributed by atoms with Crippen LogP contribution in [0.1, 0.15) is 15.9 Å². The molecule has 92 valence electrons. The van der Waals surface area contributed by atoms with Crippen molar-refractivity contribution in [2.75, 3.05) is 5.32 Å². The molecule has 0 saturated carbocycles. The zero-order valence-corrected chi connectivity index (χ0v) is 9.84. The molecule has 4 heteroatoms. The highest BCUT2D eigenvalue weighted by Crippen LogP contribution is 2.24. The van der Waals surface area contributed by atoms with Crippen LogP contribution in [0.4, 0.5) is 5.69 Å². The first kappa shape index (κ1) is 12.0. The average Bonchev–Trinajstić information content (AvgIpc) is 2.36. The number of phenolic OH excluding ortho intramolecular Hbond substituents is 2. The average molecular weight is 243 g/mol. The molecule has 1 amide bonds. The summed E-state index contributed by atoms with van der Waals surface area (Å²) in [5.41, 5.74) is 1.62. The fourth-order valence-corrected chi connectivity index (χ4v) is 1.57. The van der Waals surface area contributed by atoms with Crippen molar-refractivity contribution in [3.63, 3.8) is 0 Å². The second-order valence-corrected chi connectivity index (χ2v) is 3.95. The molecule has 0 aromatic heterocycles. The monoisotopic (exact) mass is 243 g/mol. The van der Waals surface area contributed by atoms with E-state index in [1.54, 1.807) is 25.1 Å². The van der Waals surface area contributed by atoms with Crippen molar-refractivity contribution in [1.29, 1.82) is 0 Å². The summed E-state index contributed by atoms with van der Waals surface area (Å²) < 4.78 is 0. The molecular formula is C14H13NO3. The SMILES string of the molecule is Cc1c(O)cccc1NC(=O)c1ccc(O)cc1. The lowest BCUT2D eigenvalue weighted by Crippen LogP contribution is -2.12. The molecule has 2 aromatic carbocycles. The highest BCUT2D eigenvalue weighted by atomic mass is 16.3. The van der Waals surface area contributed by atoms with Gasteiger partial charge in [0, 0.05) is 16.8 Å². The third kappa shape index (κ3) is 2.43. The molecule has 0 bridgehead atoms. The minimum absolute atomic E-state index is 0.111. The number of nitrogens with one attached hydrogen (secondary N) is 1. The maximum atomic E-state index is 11.9. The summed E-state index contributed by atoms with van der Waals surface area (Å²) in [6.07, 6.45) is 0. The van der Waals surface area contributed by atoms with Crippen LogP contribution in [0.5, 0.6) is 11.5 Å². The Morgan fingerprint density at radius 3 is 2.39 bits per heavy atom. The molecule has 0 aliphatic rings. The topological polar surface area (TPSA) is 69.6 Å². The van der Waals surface area contributed by atoms with Crippen molar-refractivity contribution in [2.45, 2.75) is 6.92 Å². The third-order valence-electron chi connectivity index (χ3n) is 2.68. The largest absolute Gasteiger partial charge is 0.508 e. The van der Waals surface area contributed by atoms with Crippen molar-refractivity contribution >= 4 is 11.6 Å².